The van der Waals surface area contributed by atoms with Crippen LogP contribution in [0.25, 0.3) is 0 Å². The summed E-state index contributed by atoms with van der Waals surface area (Å²) in [6, 6.07) is -2.46. The highest BCUT2D eigenvalue weighted by Gasteiger charge is 2.35. The van der Waals surface area contributed by atoms with Crippen LogP contribution in [0.4, 0.5) is 4.79 Å². The molecular formula is C30H58N4O6. The zero-order valence-corrected chi connectivity index (χ0v) is 26.8. The second kappa shape index (κ2) is 18.1. The van der Waals surface area contributed by atoms with E-state index in [1.165, 1.54) is 0 Å². The third-order valence-corrected chi connectivity index (χ3v) is 6.92. The first-order chi connectivity index (χ1) is 18.4. The zero-order chi connectivity index (χ0) is 31.2. The summed E-state index contributed by atoms with van der Waals surface area (Å²) in [4.78, 5) is 51.8. The quantitative estimate of drug-likeness (QED) is 0.179. The Kier molecular flexibility index (Phi) is 17.1. The van der Waals surface area contributed by atoms with Crippen molar-refractivity contribution in [2.24, 2.45) is 23.7 Å². The molecule has 0 radical (unpaired) electrons. The fraction of sp³-hybridized carbons (Fsp3) is 0.867. The minimum atomic E-state index is -1.08. The first-order valence-corrected chi connectivity index (χ1v) is 15.0. The number of aliphatic hydroxyl groups is 1. The Morgan fingerprint density at radius 2 is 1.27 bits per heavy atom. The molecule has 0 saturated carbocycles. The van der Waals surface area contributed by atoms with Crippen LogP contribution in [0.5, 0.6) is 0 Å². The molecule has 0 aliphatic rings. The standard InChI is InChI=1S/C30H58N4O6/c1-12-20(7)25(33-28(38)26(21(8)13-2)34-29(39)40-30(9,10)11)27(37)32-22(16-19(5)6)23(35)17-24(36)31-15-14-18(3)4/h18-23,25-26,35H,12-17H2,1-11H3,(H,31,36)(H,32,37)(H,33,38)(H,34,39)/t20-,21-,22+,23?,25+,26+/m1/s1. The summed E-state index contributed by atoms with van der Waals surface area (Å²) in [7, 11) is 0. The molecule has 0 aromatic heterocycles. The second-order valence-corrected chi connectivity index (χ2v) is 12.9. The van der Waals surface area contributed by atoms with Crippen molar-refractivity contribution in [2.75, 3.05) is 6.54 Å². The number of aliphatic hydroxyl groups excluding tert-OH is 1. The zero-order valence-electron chi connectivity index (χ0n) is 26.8. The maximum atomic E-state index is 13.5. The van der Waals surface area contributed by atoms with Crippen LogP contribution in [0.3, 0.4) is 0 Å². The largest absolute Gasteiger partial charge is 0.444 e. The van der Waals surface area contributed by atoms with E-state index in [0.29, 0.717) is 31.7 Å². The van der Waals surface area contributed by atoms with Crippen molar-refractivity contribution in [3.05, 3.63) is 0 Å². The molecule has 0 aliphatic carbocycles. The third kappa shape index (κ3) is 15.4. The lowest BCUT2D eigenvalue weighted by molar-refractivity contribution is -0.133. The fourth-order valence-electron chi connectivity index (χ4n) is 4.08. The highest BCUT2D eigenvalue weighted by atomic mass is 16.6. The molecule has 0 saturated heterocycles. The van der Waals surface area contributed by atoms with Crippen LogP contribution in [0.15, 0.2) is 0 Å². The first-order valence-electron chi connectivity index (χ1n) is 15.0. The van der Waals surface area contributed by atoms with Gasteiger partial charge in [-0.3, -0.25) is 14.4 Å². The summed E-state index contributed by atoms with van der Waals surface area (Å²) in [6.07, 6.45) is 0.613. The van der Waals surface area contributed by atoms with E-state index in [4.69, 9.17) is 4.74 Å². The summed E-state index contributed by atoms with van der Waals surface area (Å²) in [5, 5.41) is 22.2. The van der Waals surface area contributed by atoms with E-state index in [9.17, 15) is 24.3 Å². The van der Waals surface area contributed by atoms with Gasteiger partial charge in [-0.05, 0) is 57.3 Å². The summed E-state index contributed by atoms with van der Waals surface area (Å²) in [5.41, 5.74) is -0.725. The molecule has 0 aromatic carbocycles. The van der Waals surface area contributed by atoms with Crippen LogP contribution in [0.1, 0.15) is 108 Å². The van der Waals surface area contributed by atoms with Gasteiger partial charge >= 0.3 is 6.09 Å². The molecule has 10 nitrogen and oxygen atoms in total. The van der Waals surface area contributed by atoms with Gasteiger partial charge in [0.1, 0.15) is 17.7 Å². The molecule has 4 amide bonds. The number of carbonyl (C=O) groups excluding carboxylic acids is 4. The van der Waals surface area contributed by atoms with Crippen molar-refractivity contribution < 1.29 is 29.0 Å². The van der Waals surface area contributed by atoms with E-state index >= 15 is 0 Å². The number of alkyl carbamates (subject to hydrolysis) is 1. The van der Waals surface area contributed by atoms with Gasteiger partial charge in [-0.15, -0.1) is 0 Å². The number of hydrogen-bond donors (Lipinski definition) is 5. The van der Waals surface area contributed by atoms with Crippen molar-refractivity contribution >= 4 is 23.8 Å². The summed E-state index contributed by atoms with van der Waals surface area (Å²) < 4.78 is 5.35. The molecule has 0 fully saturated rings. The summed E-state index contributed by atoms with van der Waals surface area (Å²) in [5.74, 6) is -1.03. The van der Waals surface area contributed by atoms with Gasteiger partial charge in [0.05, 0.1) is 18.6 Å². The number of rotatable bonds is 17. The number of carbonyl (C=O) groups is 4. The molecule has 0 heterocycles. The van der Waals surface area contributed by atoms with Gasteiger partial charge < -0.3 is 31.1 Å². The third-order valence-electron chi connectivity index (χ3n) is 6.92. The lowest BCUT2D eigenvalue weighted by Gasteiger charge is -2.32. The number of ether oxygens (including phenoxy) is 1. The average Bonchev–Trinajstić information content (AvgIpc) is 2.82. The number of nitrogens with one attached hydrogen (secondary N) is 4. The molecule has 5 N–H and O–H groups in total. The number of amides is 4. The van der Waals surface area contributed by atoms with Crippen molar-refractivity contribution in [2.45, 2.75) is 138 Å². The van der Waals surface area contributed by atoms with Gasteiger partial charge in [0.25, 0.3) is 0 Å². The Bertz CT molecular complexity index is 796. The van der Waals surface area contributed by atoms with Gasteiger partial charge in [-0.1, -0.05) is 68.2 Å². The van der Waals surface area contributed by atoms with Crippen LogP contribution in [-0.4, -0.2) is 65.3 Å². The molecule has 0 rings (SSSR count). The van der Waals surface area contributed by atoms with Gasteiger partial charge in [0.2, 0.25) is 17.7 Å². The van der Waals surface area contributed by atoms with Gasteiger partial charge in [0, 0.05) is 6.54 Å². The average molecular weight is 571 g/mol. The Morgan fingerprint density at radius 3 is 1.73 bits per heavy atom. The minimum absolute atomic E-state index is 0.133. The maximum Gasteiger partial charge on any atom is 0.408 e. The normalized spacial score (nSPS) is 16.4. The Balaban J connectivity index is 5.69. The van der Waals surface area contributed by atoms with Crippen LogP contribution in [-0.2, 0) is 19.1 Å². The van der Waals surface area contributed by atoms with Crippen molar-refractivity contribution in [1.29, 1.82) is 0 Å². The highest BCUT2D eigenvalue weighted by molar-refractivity contribution is 5.91. The molecule has 0 aromatic rings. The van der Waals surface area contributed by atoms with Crippen molar-refractivity contribution in [3.63, 3.8) is 0 Å². The van der Waals surface area contributed by atoms with Gasteiger partial charge in [0.15, 0.2) is 0 Å². The molecular weight excluding hydrogens is 512 g/mol. The molecule has 0 spiro atoms. The summed E-state index contributed by atoms with van der Waals surface area (Å²) in [6.45, 7) is 21.4. The highest BCUT2D eigenvalue weighted by Crippen LogP contribution is 2.16. The molecule has 1 unspecified atom stereocenters. The Morgan fingerprint density at radius 1 is 0.775 bits per heavy atom. The molecule has 0 bridgehead atoms. The predicted molar refractivity (Wildman–Crippen MR) is 158 cm³/mol. The minimum Gasteiger partial charge on any atom is -0.444 e. The Hall–Kier alpha value is -2.36. The second-order valence-electron chi connectivity index (χ2n) is 12.9. The Labute approximate surface area is 242 Å². The molecule has 234 valence electrons. The van der Waals surface area contributed by atoms with E-state index in [-0.39, 0.29) is 30.1 Å². The molecule has 10 heteroatoms. The lowest BCUT2D eigenvalue weighted by Crippen LogP contribution is -2.59. The smallest absolute Gasteiger partial charge is 0.408 e. The predicted octanol–water partition coefficient (Wildman–Crippen LogP) is 3.90. The fourth-order valence-corrected chi connectivity index (χ4v) is 4.08. The van der Waals surface area contributed by atoms with E-state index < -0.39 is 47.7 Å². The SMILES string of the molecule is CC[C@@H](C)[C@H](NC(=O)OC(C)(C)C)C(=O)N[C@H](C(=O)N[C@@H](CC(C)C)C(O)CC(=O)NCCC(C)C)[C@H](C)CC. The van der Waals surface area contributed by atoms with Gasteiger partial charge in [-0.2, -0.15) is 0 Å². The van der Waals surface area contributed by atoms with Crippen LogP contribution < -0.4 is 21.3 Å². The molecule has 40 heavy (non-hydrogen) atoms. The van der Waals surface area contributed by atoms with Gasteiger partial charge in [-0.25, -0.2) is 4.79 Å². The van der Waals surface area contributed by atoms with Crippen LogP contribution in [0, 0.1) is 23.7 Å². The van der Waals surface area contributed by atoms with Crippen LogP contribution in [0.2, 0.25) is 0 Å². The first kappa shape index (κ1) is 37.6. The lowest BCUT2D eigenvalue weighted by atomic mass is 9.93. The number of hydrogen-bond acceptors (Lipinski definition) is 6. The molecule has 6 atom stereocenters. The summed E-state index contributed by atoms with van der Waals surface area (Å²) >= 11 is 0. The van der Waals surface area contributed by atoms with Crippen molar-refractivity contribution in [1.82, 2.24) is 21.3 Å². The van der Waals surface area contributed by atoms with Crippen LogP contribution >= 0.6 is 0 Å². The van der Waals surface area contributed by atoms with Crippen molar-refractivity contribution in [3.8, 4) is 0 Å². The maximum absolute atomic E-state index is 13.5. The topological polar surface area (TPSA) is 146 Å². The van der Waals surface area contributed by atoms with E-state index in [2.05, 4.69) is 35.1 Å². The molecule has 0 aliphatic heterocycles. The van der Waals surface area contributed by atoms with E-state index in [1.54, 1.807) is 20.8 Å². The monoisotopic (exact) mass is 570 g/mol. The van der Waals surface area contributed by atoms with E-state index in [1.807, 2.05) is 41.5 Å². The van der Waals surface area contributed by atoms with E-state index in [0.717, 1.165) is 6.42 Å².